The van der Waals surface area contributed by atoms with Gasteiger partial charge in [-0.1, -0.05) is 6.92 Å². The molecule has 1 aliphatic carbocycles. The number of carbonyl (C=O) groups is 1. The second kappa shape index (κ2) is 5.77. The van der Waals surface area contributed by atoms with Gasteiger partial charge in [0.25, 0.3) is 5.91 Å². The van der Waals surface area contributed by atoms with Gasteiger partial charge in [-0.2, -0.15) is 10.2 Å². The van der Waals surface area contributed by atoms with Crippen molar-refractivity contribution in [1.82, 2.24) is 30.3 Å². The summed E-state index contributed by atoms with van der Waals surface area (Å²) in [6, 6.07) is 1.88. The normalized spacial score (nSPS) is 21.6. The van der Waals surface area contributed by atoms with Crippen LogP contribution in [0, 0.1) is 0 Å². The van der Waals surface area contributed by atoms with E-state index in [0.29, 0.717) is 37.1 Å². The Morgan fingerprint density at radius 3 is 3.00 bits per heavy atom. The van der Waals surface area contributed by atoms with Gasteiger partial charge in [-0.15, -0.1) is 0 Å². The van der Waals surface area contributed by atoms with Crippen molar-refractivity contribution in [3.05, 3.63) is 29.1 Å². The number of ether oxygens (including phenoxy) is 1. The minimum Gasteiger partial charge on any atom is -0.366 e. The highest BCUT2D eigenvalue weighted by atomic mass is 16.5. The van der Waals surface area contributed by atoms with Gasteiger partial charge in [0.05, 0.1) is 13.2 Å². The van der Waals surface area contributed by atoms with Crippen LogP contribution in [0.3, 0.4) is 0 Å². The van der Waals surface area contributed by atoms with E-state index < -0.39 is 0 Å². The largest absolute Gasteiger partial charge is 0.366 e. The fourth-order valence-electron chi connectivity index (χ4n) is 2.81. The first-order valence-corrected chi connectivity index (χ1v) is 8.12. The van der Waals surface area contributed by atoms with E-state index >= 15 is 0 Å². The number of rotatable bonds is 4. The molecular weight excluding hydrogens is 296 g/mol. The van der Waals surface area contributed by atoms with E-state index in [0.717, 1.165) is 17.9 Å². The lowest BCUT2D eigenvalue weighted by molar-refractivity contribution is -0.0268. The van der Waals surface area contributed by atoms with Crippen molar-refractivity contribution in [2.45, 2.75) is 38.2 Å². The SMILES string of the molecule is CCc1nc([C@H]2CN(C(=O)c3cc(C4CC4)[nH]n3)CCO2)n[nH]1. The first-order valence-electron chi connectivity index (χ1n) is 8.12. The second-order valence-corrected chi connectivity index (χ2v) is 6.09. The molecule has 8 heteroatoms. The number of amides is 1. The quantitative estimate of drug-likeness (QED) is 0.882. The number of H-pyrrole nitrogens is 2. The van der Waals surface area contributed by atoms with Gasteiger partial charge in [0.2, 0.25) is 0 Å². The van der Waals surface area contributed by atoms with E-state index in [1.807, 2.05) is 13.0 Å². The van der Waals surface area contributed by atoms with Crippen LogP contribution < -0.4 is 0 Å². The molecule has 8 nitrogen and oxygen atoms in total. The summed E-state index contributed by atoms with van der Waals surface area (Å²) in [6.45, 7) is 3.50. The Morgan fingerprint density at radius 1 is 1.39 bits per heavy atom. The average molecular weight is 316 g/mol. The molecule has 1 amide bonds. The van der Waals surface area contributed by atoms with Gasteiger partial charge in [-0.25, -0.2) is 4.98 Å². The Morgan fingerprint density at radius 2 is 2.26 bits per heavy atom. The van der Waals surface area contributed by atoms with Crippen LogP contribution in [0.25, 0.3) is 0 Å². The van der Waals surface area contributed by atoms with Crippen LogP contribution in [0.15, 0.2) is 6.07 Å². The van der Waals surface area contributed by atoms with Gasteiger partial charge in [0, 0.05) is 24.6 Å². The summed E-state index contributed by atoms with van der Waals surface area (Å²) < 4.78 is 5.72. The van der Waals surface area contributed by atoms with Gasteiger partial charge >= 0.3 is 0 Å². The minimum absolute atomic E-state index is 0.0623. The Balaban J connectivity index is 1.46. The summed E-state index contributed by atoms with van der Waals surface area (Å²) in [5.74, 6) is 1.93. The molecule has 1 saturated carbocycles. The zero-order valence-corrected chi connectivity index (χ0v) is 13.1. The van der Waals surface area contributed by atoms with E-state index in [2.05, 4.69) is 25.4 Å². The number of hydrogen-bond donors (Lipinski definition) is 2. The molecule has 3 heterocycles. The third kappa shape index (κ3) is 2.86. The predicted molar refractivity (Wildman–Crippen MR) is 80.9 cm³/mol. The van der Waals surface area contributed by atoms with Crippen molar-refractivity contribution in [2.24, 2.45) is 0 Å². The summed E-state index contributed by atoms with van der Waals surface area (Å²) >= 11 is 0. The molecular formula is C15H20N6O2. The second-order valence-electron chi connectivity index (χ2n) is 6.09. The molecule has 1 saturated heterocycles. The van der Waals surface area contributed by atoms with Crippen LogP contribution in [0.5, 0.6) is 0 Å². The third-order valence-electron chi connectivity index (χ3n) is 4.36. The summed E-state index contributed by atoms with van der Waals surface area (Å²) in [5, 5.41) is 14.2. The number of aromatic nitrogens is 5. The number of morpholine rings is 1. The third-order valence-corrected chi connectivity index (χ3v) is 4.36. The number of aryl methyl sites for hydroxylation is 1. The summed E-state index contributed by atoms with van der Waals surface area (Å²) in [4.78, 5) is 18.8. The first kappa shape index (κ1) is 14.4. The van der Waals surface area contributed by atoms with Gasteiger partial charge in [0.1, 0.15) is 17.6 Å². The standard InChI is InChI=1S/C15H20N6O2/c1-2-13-16-14(20-19-13)12-8-21(5-6-23-12)15(22)11-7-10(17-18-11)9-3-4-9/h7,9,12H,2-6,8H2,1H3,(H,17,18)(H,16,19,20)/t12-/m1/s1. The van der Waals surface area contributed by atoms with Gasteiger partial charge in [0.15, 0.2) is 5.82 Å². The maximum Gasteiger partial charge on any atom is 0.274 e. The number of hydrogen-bond acceptors (Lipinski definition) is 5. The number of nitrogens with zero attached hydrogens (tertiary/aromatic N) is 4. The summed E-state index contributed by atoms with van der Waals surface area (Å²) in [5.41, 5.74) is 1.55. The monoisotopic (exact) mass is 316 g/mol. The molecule has 2 aromatic heterocycles. The van der Waals surface area contributed by atoms with Crippen molar-refractivity contribution < 1.29 is 9.53 Å². The maximum absolute atomic E-state index is 12.6. The van der Waals surface area contributed by atoms with Gasteiger partial charge in [-0.3, -0.25) is 15.0 Å². The molecule has 0 aromatic carbocycles. The van der Waals surface area contributed by atoms with E-state index in [1.165, 1.54) is 12.8 Å². The molecule has 23 heavy (non-hydrogen) atoms. The molecule has 2 aliphatic rings. The molecule has 0 radical (unpaired) electrons. The molecule has 0 unspecified atom stereocenters. The Kier molecular flexibility index (Phi) is 3.60. The number of nitrogens with one attached hydrogen (secondary N) is 2. The van der Waals surface area contributed by atoms with Crippen LogP contribution >= 0.6 is 0 Å². The van der Waals surface area contributed by atoms with Crippen LogP contribution in [0.4, 0.5) is 0 Å². The molecule has 1 aliphatic heterocycles. The zero-order chi connectivity index (χ0) is 15.8. The fraction of sp³-hybridized carbons (Fsp3) is 0.600. The predicted octanol–water partition coefficient (Wildman–Crippen LogP) is 1.18. The lowest BCUT2D eigenvalue weighted by Crippen LogP contribution is -2.42. The van der Waals surface area contributed by atoms with Crippen molar-refractivity contribution in [3.63, 3.8) is 0 Å². The van der Waals surface area contributed by atoms with E-state index in [9.17, 15) is 4.79 Å². The molecule has 2 N–H and O–H groups in total. The number of aromatic amines is 2. The molecule has 2 fully saturated rings. The zero-order valence-electron chi connectivity index (χ0n) is 13.1. The molecule has 2 aromatic rings. The highest BCUT2D eigenvalue weighted by Gasteiger charge is 2.31. The Bertz CT molecular complexity index is 704. The van der Waals surface area contributed by atoms with Crippen LogP contribution in [-0.4, -0.2) is 55.9 Å². The minimum atomic E-state index is -0.286. The Hall–Kier alpha value is -2.22. The number of carbonyl (C=O) groups excluding carboxylic acids is 1. The summed E-state index contributed by atoms with van der Waals surface area (Å²) in [7, 11) is 0. The molecule has 122 valence electrons. The first-order chi connectivity index (χ1) is 11.2. The van der Waals surface area contributed by atoms with Gasteiger partial charge in [-0.05, 0) is 18.9 Å². The van der Waals surface area contributed by atoms with Crippen LogP contribution in [-0.2, 0) is 11.2 Å². The van der Waals surface area contributed by atoms with E-state index in [-0.39, 0.29) is 12.0 Å². The van der Waals surface area contributed by atoms with Gasteiger partial charge < -0.3 is 9.64 Å². The molecule has 1 atom stereocenters. The van der Waals surface area contributed by atoms with Crippen LogP contribution in [0.1, 0.15) is 59.6 Å². The molecule has 4 rings (SSSR count). The van der Waals surface area contributed by atoms with Crippen molar-refractivity contribution in [2.75, 3.05) is 19.7 Å². The molecule has 0 spiro atoms. The van der Waals surface area contributed by atoms with E-state index in [4.69, 9.17) is 4.74 Å². The van der Waals surface area contributed by atoms with Crippen molar-refractivity contribution in [1.29, 1.82) is 0 Å². The lowest BCUT2D eigenvalue weighted by atomic mass is 10.2. The highest BCUT2D eigenvalue weighted by molar-refractivity contribution is 5.92. The van der Waals surface area contributed by atoms with Crippen molar-refractivity contribution >= 4 is 5.91 Å². The topological polar surface area (TPSA) is 99.8 Å². The van der Waals surface area contributed by atoms with Crippen LogP contribution in [0.2, 0.25) is 0 Å². The maximum atomic E-state index is 12.6. The fourth-order valence-corrected chi connectivity index (χ4v) is 2.81. The van der Waals surface area contributed by atoms with E-state index in [1.54, 1.807) is 4.90 Å². The molecule has 0 bridgehead atoms. The highest BCUT2D eigenvalue weighted by Crippen LogP contribution is 2.39. The smallest absolute Gasteiger partial charge is 0.274 e. The average Bonchev–Trinajstić information content (AvgIpc) is 3.14. The Labute approximate surface area is 133 Å². The summed E-state index contributed by atoms with van der Waals surface area (Å²) in [6.07, 6.45) is 2.87. The lowest BCUT2D eigenvalue weighted by Gasteiger charge is -2.31. The van der Waals surface area contributed by atoms with Crippen molar-refractivity contribution in [3.8, 4) is 0 Å².